The van der Waals surface area contributed by atoms with Crippen LogP contribution in [0.4, 0.5) is 16.2 Å². The average molecular weight is 453 g/mol. The summed E-state index contributed by atoms with van der Waals surface area (Å²) in [7, 11) is 0. The van der Waals surface area contributed by atoms with Gasteiger partial charge in [0.05, 0.1) is 23.0 Å². The quantitative estimate of drug-likeness (QED) is 0.420. The molecule has 3 amide bonds. The van der Waals surface area contributed by atoms with Crippen LogP contribution in [0.1, 0.15) is 29.1 Å². The molecule has 29 heavy (non-hydrogen) atoms. The van der Waals surface area contributed by atoms with Gasteiger partial charge < -0.3 is 20.4 Å². The highest BCUT2D eigenvalue weighted by Gasteiger charge is 2.15. The van der Waals surface area contributed by atoms with Crippen LogP contribution in [0.2, 0.25) is 15.1 Å². The fraction of sp³-hybridized carbons (Fsp3) is 0.100. The van der Waals surface area contributed by atoms with Crippen molar-refractivity contribution in [1.29, 1.82) is 0 Å². The van der Waals surface area contributed by atoms with Crippen LogP contribution in [0.15, 0.2) is 59.2 Å². The van der Waals surface area contributed by atoms with Gasteiger partial charge in [-0.15, -0.1) is 0 Å². The first-order valence-corrected chi connectivity index (χ1v) is 9.64. The fourth-order valence-electron chi connectivity index (χ4n) is 2.58. The second-order valence-electron chi connectivity index (χ2n) is 6.11. The summed E-state index contributed by atoms with van der Waals surface area (Å²) in [5.41, 5.74) is 1.58. The van der Waals surface area contributed by atoms with Gasteiger partial charge in [-0.2, -0.15) is 0 Å². The van der Waals surface area contributed by atoms with Crippen LogP contribution >= 0.6 is 34.8 Å². The van der Waals surface area contributed by atoms with E-state index in [9.17, 15) is 9.59 Å². The largest absolute Gasteiger partial charge is 0.459 e. The Morgan fingerprint density at radius 1 is 0.966 bits per heavy atom. The van der Waals surface area contributed by atoms with E-state index in [1.807, 2.05) is 0 Å². The lowest BCUT2D eigenvalue weighted by atomic mass is 10.1. The molecule has 0 saturated carbocycles. The van der Waals surface area contributed by atoms with Gasteiger partial charge in [0.2, 0.25) is 0 Å². The second kappa shape index (κ2) is 9.22. The minimum Gasteiger partial charge on any atom is -0.459 e. The average Bonchev–Trinajstić information content (AvgIpc) is 3.18. The number of carbonyl (C=O) groups excluding carboxylic acids is 2. The van der Waals surface area contributed by atoms with Gasteiger partial charge in [0.1, 0.15) is 0 Å². The van der Waals surface area contributed by atoms with E-state index < -0.39 is 11.9 Å². The molecular weight excluding hydrogens is 437 g/mol. The van der Waals surface area contributed by atoms with Gasteiger partial charge in [-0.25, -0.2) is 4.79 Å². The lowest BCUT2D eigenvalue weighted by Gasteiger charge is -2.17. The third kappa shape index (κ3) is 5.44. The third-order valence-electron chi connectivity index (χ3n) is 4.00. The van der Waals surface area contributed by atoms with Crippen LogP contribution in [0.3, 0.4) is 0 Å². The molecule has 0 spiro atoms. The van der Waals surface area contributed by atoms with Crippen LogP contribution in [-0.4, -0.2) is 11.9 Å². The van der Waals surface area contributed by atoms with E-state index in [1.54, 1.807) is 43.3 Å². The summed E-state index contributed by atoms with van der Waals surface area (Å²) in [5, 5.41) is 9.36. The van der Waals surface area contributed by atoms with E-state index in [1.165, 1.54) is 18.4 Å². The van der Waals surface area contributed by atoms with Crippen molar-refractivity contribution in [2.45, 2.75) is 13.0 Å². The molecule has 1 atom stereocenters. The van der Waals surface area contributed by atoms with Crippen molar-refractivity contribution in [3.63, 3.8) is 0 Å². The first kappa shape index (κ1) is 21.0. The van der Waals surface area contributed by atoms with Gasteiger partial charge in [0.25, 0.3) is 5.91 Å². The summed E-state index contributed by atoms with van der Waals surface area (Å²) in [4.78, 5) is 24.3. The van der Waals surface area contributed by atoms with Crippen molar-refractivity contribution in [2.75, 3.05) is 10.6 Å². The van der Waals surface area contributed by atoms with Gasteiger partial charge in [0.15, 0.2) is 5.76 Å². The molecule has 0 fully saturated rings. The minimum absolute atomic E-state index is 0.164. The molecule has 150 valence electrons. The highest BCUT2D eigenvalue weighted by Crippen LogP contribution is 2.28. The van der Waals surface area contributed by atoms with Gasteiger partial charge in [0, 0.05) is 15.7 Å². The number of anilines is 2. The number of benzene rings is 2. The Morgan fingerprint density at radius 2 is 1.76 bits per heavy atom. The van der Waals surface area contributed by atoms with Crippen LogP contribution in [0.25, 0.3) is 0 Å². The van der Waals surface area contributed by atoms with E-state index >= 15 is 0 Å². The maximum absolute atomic E-state index is 12.3. The van der Waals surface area contributed by atoms with E-state index in [-0.39, 0.29) is 16.8 Å². The first-order chi connectivity index (χ1) is 13.8. The fourth-order valence-corrected chi connectivity index (χ4v) is 3.38. The monoisotopic (exact) mass is 451 g/mol. The summed E-state index contributed by atoms with van der Waals surface area (Å²) in [6.45, 7) is 1.80. The van der Waals surface area contributed by atoms with Crippen molar-refractivity contribution >= 4 is 58.1 Å². The topological polar surface area (TPSA) is 83.4 Å². The number of hydrogen-bond acceptors (Lipinski definition) is 3. The van der Waals surface area contributed by atoms with Gasteiger partial charge >= 0.3 is 6.03 Å². The smallest absolute Gasteiger partial charge is 0.319 e. The van der Waals surface area contributed by atoms with E-state index in [0.717, 1.165) is 5.56 Å². The van der Waals surface area contributed by atoms with Crippen LogP contribution in [-0.2, 0) is 0 Å². The summed E-state index contributed by atoms with van der Waals surface area (Å²) >= 11 is 18.3. The molecule has 0 aliphatic heterocycles. The molecule has 0 saturated heterocycles. The third-order valence-corrected chi connectivity index (χ3v) is 4.87. The summed E-state index contributed by atoms with van der Waals surface area (Å²) < 4.78 is 5.03. The molecule has 2 aromatic carbocycles. The molecule has 0 aliphatic rings. The van der Waals surface area contributed by atoms with Crippen LogP contribution in [0.5, 0.6) is 0 Å². The molecule has 0 bridgehead atoms. The number of halogens is 3. The van der Waals surface area contributed by atoms with Crippen LogP contribution in [0, 0.1) is 0 Å². The van der Waals surface area contributed by atoms with Gasteiger partial charge in [-0.1, -0.05) is 40.9 Å². The van der Waals surface area contributed by atoms with Crippen molar-refractivity contribution in [3.8, 4) is 0 Å². The molecule has 3 rings (SSSR count). The first-order valence-electron chi connectivity index (χ1n) is 8.50. The van der Waals surface area contributed by atoms with E-state index in [0.29, 0.717) is 21.4 Å². The Morgan fingerprint density at radius 3 is 2.41 bits per heavy atom. The standard InChI is InChI=1S/C20H16Cl3N3O3/c1-11(14-6-4-12(21)9-15(14)22)24-20(28)25-13-5-7-17(16(23)10-13)26-19(27)18-3-2-8-29-18/h2-11H,1H3,(H,26,27)(H2,24,25,28). The highest BCUT2D eigenvalue weighted by atomic mass is 35.5. The molecule has 1 unspecified atom stereocenters. The maximum Gasteiger partial charge on any atom is 0.319 e. The molecule has 0 radical (unpaired) electrons. The lowest BCUT2D eigenvalue weighted by molar-refractivity contribution is 0.0996. The number of carbonyl (C=O) groups is 2. The SMILES string of the molecule is CC(NC(=O)Nc1ccc(NC(=O)c2ccco2)c(Cl)c1)c1ccc(Cl)cc1Cl. The van der Waals surface area contributed by atoms with Crippen LogP contribution < -0.4 is 16.0 Å². The molecule has 0 aliphatic carbocycles. The zero-order valence-corrected chi connectivity index (χ0v) is 17.4. The van der Waals surface area contributed by atoms with Crippen molar-refractivity contribution in [3.05, 3.63) is 81.2 Å². The number of furan rings is 1. The van der Waals surface area contributed by atoms with Gasteiger partial charge in [-0.05, 0) is 55.0 Å². The predicted octanol–water partition coefficient (Wildman–Crippen LogP) is 6.37. The number of hydrogen-bond donors (Lipinski definition) is 3. The normalized spacial score (nSPS) is 11.6. The van der Waals surface area contributed by atoms with E-state index in [2.05, 4.69) is 16.0 Å². The molecule has 3 aromatic rings. The van der Waals surface area contributed by atoms with Crippen molar-refractivity contribution in [2.24, 2.45) is 0 Å². The van der Waals surface area contributed by atoms with Gasteiger partial charge in [-0.3, -0.25) is 4.79 Å². The molecule has 1 heterocycles. The Balaban J connectivity index is 1.61. The number of rotatable bonds is 5. The minimum atomic E-state index is -0.438. The van der Waals surface area contributed by atoms with Crippen molar-refractivity contribution < 1.29 is 14.0 Å². The summed E-state index contributed by atoms with van der Waals surface area (Å²) in [6.07, 6.45) is 1.40. The zero-order valence-electron chi connectivity index (χ0n) is 15.1. The Labute approximate surface area is 182 Å². The molecule has 1 aromatic heterocycles. The molecule has 9 heteroatoms. The lowest BCUT2D eigenvalue weighted by Crippen LogP contribution is -2.31. The van der Waals surface area contributed by atoms with E-state index in [4.69, 9.17) is 39.2 Å². The molecule has 6 nitrogen and oxygen atoms in total. The second-order valence-corrected chi connectivity index (χ2v) is 7.36. The zero-order chi connectivity index (χ0) is 21.0. The highest BCUT2D eigenvalue weighted by molar-refractivity contribution is 6.35. The summed E-state index contributed by atoms with van der Waals surface area (Å²) in [5.74, 6) is -0.262. The maximum atomic E-state index is 12.3. The summed E-state index contributed by atoms with van der Waals surface area (Å²) in [6, 6.07) is 12.2. The Kier molecular flexibility index (Phi) is 6.69. The van der Waals surface area contributed by atoms with Crippen molar-refractivity contribution in [1.82, 2.24) is 5.32 Å². The predicted molar refractivity (Wildman–Crippen MR) is 115 cm³/mol. The molecule has 3 N–H and O–H groups in total. The number of amides is 3. The number of nitrogens with one attached hydrogen (secondary N) is 3. The Hall–Kier alpha value is -2.67. The Bertz CT molecular complexity index is 1040. The molecular formula is C20H16Cl3N3O3. The number of urea groups is 1.